The van der Waals surface area contributed by atoms with Gasteiger partial charge in [-0.15, -0.1) is 0 Å². The Morgan fingerprint density at radius 2 is 1.11 bits per heavy atom. The highest BCUT2D eigenvalue weighted by molar-refractivity contribution is 5.96. The van der Waals surface area contributed by atoms with Crippen molar-refractivity contribution in [1.29, 1.82) is 0 Å². The van der Waals surface area contributed by atoms with E-state index in [-0.39, 0.29) is 12.0 Å². The molecule has 7 rings (SSSR count). The molecule has 0 amide bonds. The maximum Gasteiger partial charge on any atom is 0.0587 e. The molecule has 2 nitrogen and oxygen atoms in total. The Labute approximate surface area is 260 Å². The summed E-state index contributed by atoms with van der Waals surface area (Å²) in [4.78, 5) is 4.81. The molecule has 0 heterocycles. The molecular weight excluding hydrogens is 532 g/mol. The number of allylic oxidation sites excluding steroid dienone is 1. The van der Waals surface area contributed by atoms with Crippen LogP contribution in [0.1, 0.15) is 6.92 Å². The Morgan fingerprint density at radius 3 is 1.84 bits per heavy atom. The van der Waals surface area contributed by atoms with Crippen LogP contribution in [-0.4, -0.2) is 13.1 Å². The first kappa shape index (κ1) is 27.5. The van der Waals surface area contributed by atoms with E-state index in [0.29, 0.717) is 0 Å². The summed E-state index contributed by atoms with van der Waals surface area (Å²) in [6.45, 7) is 2.33. The minimum Gasteiger partial charge on any atom is -0.345 e. The van der Waals surface area contributed by atoms with E-state index in [4.69, 9.17) is 0 Å². The predicted molar refractivity (Wildman–Crippen MR) is 188 cm³/mol. The topological polar surface area (TPSA) is 6.48 Å². The van der Waals surface area contributed by atoms with Crippen molar-refractivity contribution < 1.29 is 0 Å². The van der Waals surface area contributed by atoms with Crippen LogP contribution in [0.2, 0.25) is 0 Å². The summed E-state index contributed by atoms with van der Waals surface area (Å²) in [5.41, 5.74) is 9.69. The fourth-order valence-electron chi connectivity index (χ4n) is 6.35. The van der Waals surface area contributed by atoms with Crippen LogP contribution in [0.4, 0.5) is 17.1 Å². The number of rotatable bonds is 7. The normalized spacial score (nSPS) is 16.0. The molecular formula is C42H36N2. The fourth-order valence-corrected chi connectivity index (χ4v) is 6.35. The lowest BCUT2D eigenvalue weighted by molar-refractivity contribution is 0.604. The lowest BCUT2D eigenvalue weighted by Gasteiger charge is -2.38. The van der Waals surface area contributed by atoms with Crippen LogP contribution < -0.4 is 9.80 Å². The van der Waals surface area contributed by atoms with Gasteiger partial charge in [0.1, 0.15) is 0 Å². The smallest absolute Gasteiger partial charge is 0.0587 e. The van der Waals surface area contributed by atoms with Gasteiger partial charge in [-0.25, -0.2) is 0 Å². The molecule has 0 aromatic heterocycles. The van der Waals surface area contributed by atoms with Gasteiger partial charge in [-0.1, -0.05) is 140 Å². The van der Waals surface area contributed by atoms with Gasteiger partial charge in [-0.3, -0.25) is 0 Å². The first-order valence-corrected chi connectivity index (χ1v) is 15.4. The number of fused-ring (bicyclic) bond motifs is 1. The summed E-state index contributed by atoms with van der Waals surface area (Å²) in [5.74, 6) is 0.264. The zero-order valence-corrected chi connectivity index (χ0v) is 25.2. The number of likely N-dealkylation sites (N-methyl/N-ethyl adjacent to an activating group) is 1. The minimum atomic E-state index is 0.143. The summed E-state index contributed by atoms with van der Waals surface area (Å²) < 4.78 is 0. The largest absolute Gasteiger partial charge is 0.345 e. The highest BCUT2D eigenvalue weighted by Gasteiger charge is 2.28. The van der Waals surface area contributed by atoms with Gasteiger partial charge in [-0.2, -0.15) is 0 Å². The average Bonchev–Trinajstić information content (AvgIpc) is 3.10. The summed E-state index contributed by atoms with van der Waals surface area (Å²) in [6.07, 6.45) is 7.08. The molecule has 0 spiro atoms. The molecule has 0 N–H and O–H groups in total. The standard InChI is InChI=1S/C42H36N2/c1-31-29-38(43(2)37-25-23-34(24-26-37)32-13-5-3-6-14-32)27-28-41(31)44(42-22-12-18-35-17-9-10-21-40(35)42)39-20-11-19-36(30-39)33-15-7-4-8-16-33/h3-31,41H,1-2H3. The third-order valence-corrected chi connectivity index (χ3v) is 8.74. The van der Waals surface area contributed by atoms with Gasteiger partial charge in [0, 0.05) is 41.1 Å². The molecule has 0 bridgehead atoms. The van der Waals surface area contributed by atoms with Crippen LogP contribution in [-0.2, 0) is 0 Å². The number of anilines is 3. The van der Waals surface area contributed by atoms with Crippen LogP contribution in [0.15, 0.2) is 176 Å². The second-order valence-electron chi connectivity index (χ2n) is 11.6. The second kappa shape index (κ2) is 12.1. The van der Waals surface area contributed by atoms with E-state index in [9.17, 15) is 0 Å². The first-order chi connectivity index (χ1) is 21.7. The third-order valence-electron chi connectivity index (χ3n) is 8.74. The van der Waals surface area contributed by atoms with Gasteiger partial charge >= 0.3 is 0 Å². The van der Waals surface area contributed by atoms with Crippen molar-refractivity contribution >= 4 is 27.8 Å². The van der Waals surface area contributed by atoms with E-state index in [1.807, 2.05) is 0 Å². The van der Waals surface area contributed by atoms with Crippen molar-refractivity contribution in [3.8, 4) is 22.3 Å². The molecule has 2 unspecified atom stereocenters. The van der Waals surface area contributed by atoms with Crippen molar-refractivity contribution in [3.63, 3.8) is 0 Å². The Bertz CT molecular complexity index is 1930. The fraction of sp³-hybridized carbons (Fsp3) is 0.0952. The molecule has 2 heteroatoms. The van der Waals surface area contributed by atoms with Crippen molar-refractivity contribution in [2.24, 2.45) is 5.92 Å². The van der Waals surface area contributed by atoms with Gasteiger partial charge in [-0.05, 0) is 64.0 Å². The average molecular weight is 569 g/mol. The van der Waals surface area contributed by atoms with Crippen molar-refractivity contribution in [1.82, 2.24) is 0 Å². The molecule has 2 atom stereocenters. The van der Waals surface area contributed by atoms with E-state index < -0.39 is 0 Å². The summed E-state index contributed by atoms with van der Waals surface area (Å²) >= 11 is 0. The molecule has 6 aromatic rings. The summed E-state index contributed by atoms with van der Waals surface area (Å²) in [7, 11) is 2.16. The lowest BCUT2D eigenvalue weighted by Crippen LogP contribution is -2.37. The molecule has 1 aliphatic carbocycles. The van der Waals surface area contributed by atoms with Crippen LogP contribution in [0, 0.1) is 5.92 Å². The molecule has 0 saturated carbocycles. The van der Waals surface area contributed by atoms with Gasteiger partial charge in [0.2, 0.25) is 0 Å². The summed E-state index contributed by atoms with van der Waals surface area (Å²) in [5, 5.41) is 2.50. The Kier molecular flexibility index (Phi) is 7.56. The van der Waals surface area contributed by atoms with E-state index in [1.54, 1.807) is 0 Å². The highest BCUT2D eigenvalue weighted by Crippen LogP contribution is 2.40. The molecule has 0 aliphatic heterocycles. The second-order valence-corrected chi connectivity index (χ2v) is 11.6. The molecule has 44 heavy (non-hydrogen) atoms. The van der Waals surface area contributed by atoms with Crippen LogP contribution in [0.25, 0.3) is 33.0 Å². The van der Waals surface area contributed by atoms with E-state index in [2.05, 4.69) is 194 Å². The lowest BCUT2D eigenvalue weighted by atomic mass is 9.91. The molecule has 1 aliphatic rings. The van der Waals surface area contributed by atoms with Crippen molar-refractivity contribution in [3.05, 3.63) is 176 Å². The Morgan fingerprint density at radius 1 is 0.523 bits per heavy atom. The highest BCUT2D eigenvalue weighted by atomic mass is 15.2. The Balaban J connectivity index is 1.24. The van der Waals surface area contributed by atoms with Crippen molar-refractivity contribution in [2.45, 2.75) is 13.0 Å². The van der Waals surface area contributed by atoms with Gasteiger partial charge in [0.25, 0.3) is 0 Å². The third kappa shape index (κ3) is 5.43. The first-order valence-electron chi connectivity index (χ1n) is 15.4. The monoisotopic (exact) mass is 568 g/mol. The van der Waals surface area contributed by atoms with Gasteiger partial charge < -0.3 is 9.80 Å². The number of hydrogen-bond acceptors (Lipinski definition) is 2. The molecule has 0 fully saturated rings. The zero-order valence-electron chi connectivity index (χ0n) is 25.2. The SMILES string of the molecule is CC1C=C(N(C)c2ccc(-c3ccccc3)cc2)C=CC1N(c1cccc(-c2ccccc2)c1)c1cccc2ccccc12. The zero-order chi connectivity index (χ0) is 29.9. The van der Waals surface area contributed by atoms with Gasteiger partial charge in [0.05, 0.1) is 6.04 Å². The van der Waals surface area contributed by atoms with E-state index >= 15 is 0 Å². The summed E-state index contributed by atoms with van der Waals surface area (Å²) in [6, 6.07) is 54.5. The number of benzene rings is 6. The number of hydrogen-bond donors (Lipinski definition) is 0. The number of nitrogens with zero attached hydrogens (tertiary/aromatic N) is 2. The minimum absolute atomic E-state index is 0.143. The maximum absolute atomic E-state index is 2.53. The van der Waals surface area contributed by atoms with Crippen molar-refractivity contribution in [2.75, 3.05) is 16.8 Å². The quantitative estimate of drug-likeness (QED) is 0.189. The molecule has 0 radical (unpaired) electrons. The molecule has 0 saturated heterocycles. The van der Waals surface area contributed by atoms with Crippen LogP contribution in [0.5, 0.6) is 0 Å². The van der Waals surface area contributed by atoms with Crippen LogP contribution >= 0.6 is 0 Å². The predicted octanol–water partition coefficient (Wildman–Crippen LogP) is 10.9. The van der Waals surface area contributed by atoms with E-state index in [0.717, 1.165) is 0 Å². The Hall–Kier alpha value is -5.34. The van der Waals surface area contributed by atoms with Gasteiger partial charge in [0.15, 0.2) is 0 Å². The molecule has 6 aromatic carbocycles. The molecule has 214 valence electrons. The van der Waals surface area contributed by atoms with Crippen LogP contribution in [0.3, 0.4) is 0 Å². The maximum atomic E-state index is 2.53. The van der Waals surface area contributed by atoms with E-state index in [1.165, 1.54) is 55.8 Å².